The Labute approximate surface area is 129 Å². The monoisotopic (exact) mass is 290 g/mol. The number of ether oxygens (including phenoxy) is 1. The normalized spacial score (nSPS) is 21.0. The van der Waals surface area contributed by atoms with Gasteiger partial charge in [-0.15, -0.1) is 0 Å². The van der Waals surface area contributed by atoms with Gasteiger partial charge in [-0.3, -0.25) is 4.90 Å². The fourth-order valence-corrected chi connectivity index (χ4v) is 2.87. The van der Waals surface area contributed by atoms with Gasteiger partial charge >= 0.3 is 0 Å². The summed E-state index contributed by atoms with van der Waals surface area (Å²) in [6.45, 7) is 11.9. The minimum atomic E-state index is 0.326. The summed E-state index contributed by atoms with van der Waals surface area (Å²) in [5.41, 5.74) is 1.39. The summed E-state index contributed by atoms with van der Waals surface area (Å²) in [4.78, 5) is 2.50. The van der Waals surface area contributed by atoms with E-state index in [1.165, 1.54) is 5.56 Å². The van der Waals surface area contributed by atoms with E-state index in [1.807, 2.05) is 0 Å². The maximum absolute atomic E-state index is 6.34. The Hall–Kier alpha value is -0.900. The van der Waals surface area contributed by atoms with Crippen molar-refractivity contribution < 1.29 is 4.74 Å². The molecule has 0 amide bonds. The molecule has 2 unspecified atom stereocenters. The van der Waals surface area contributed by atoms with Crippen molar-refractivity contribution in [3.05, 3.63) is 35.9 Å². The number of rotatable bonds is 8. The van der Waals surface area contributed by atoms with Crippen molar-refractivity contribution in [2.45, 2.75) is 45.9 Å². The molecule has 0 bridgehead atoms. The lowest BCUT2D eigenvalue weighted by Crippen LogP contribution is -2.37. The van der Waals surface area contributed by atoms with Gasteiger partial charge in [0.25, 0.3) is 0 Å². The molecule has 1 aliphatic rings. The van der Waals surface area contributed by atoms with Crippen LogP contribution in [0.4, 0.5) is 0 Å². The molecular formula is C18H30N2O. The molecule has 1 saturated heterocycles. The van der Waals surface area contributed by atoms with Crippen LogP contribution in [0.3, 0.4) is 0 Å². The molecule has 118 valence electrons. The second kappa shape index (κ2) is 8.52. The molecule has 1 aromatic rings. The second-order valence-corrected chi connectivity index (χ2v) is 6.36. The fourth-order valence-electron chi connectivity index (χ4n) is 2.87. The van der Waals surface area contributed by atoms with Gasteiger partial charge in [-0.2, -0.15) is 0 Å². The lowest BCUT2D eigenvalue weighted by atomic mass is 10.1. The number of likely N-dealkylation sites (N-methyl/N-ethyl adjacent to an activating group) is 1. The van der Waals surface area contributed by atoms with Crippen LogP contribution in [-0.2, 0) is 11.3 Å². The summed E-state index contributed by atoms with van der Waals surface area (Å²) < 4.78 is 6.34. The summed E-state index contributed by atoms with van der Waals surface area (Å²) >= 11 is 0. The molecule has 1 aromatic carbocycles. The van der Waals surface area contributed by atoms with Crippen molar-refractivity contribution in [2.75, 3.05) is 26.2 Å². The molecule has 21 heavy (non-hydrogen) atoms. The van der Waals surface area contributed by atoms with E-state index in [1.54, 1.807) is 0 Å². The molecule has 3 nitrogen and oxygen atoms in total. The SMILES string of the molecule is CCNCC(OC1CCN(Cc2ccccc2)C1)C(C)C. The van der Waals surface area contributed by atoms with Crippen LogP contribution in [0, 0.1) is 5.92 Å². The summed E-state index contributed by atoms with van der Waals surface area (Å²) in [5, 5.41) is 3.42. The van der Waals surface area contributed by atoms with Gasteiger partial charge in [-0.05, 0) is 24.4 Å². The molecule has 1 heterocycles. The van der Waals surface area contributed by atoms with Crippen molar-refractivity contribution in [1.29, 1.82) is 0 Å². The van der Waals surface area contributed by atoms with Crippen molar-refractivity contribution in [3.63, 3.8) is 0 Å². The van der Waals surface area contributed by atoms with Crippen molar-refractivity contribution in [2.24, 2.45) is 5.92 Å². The minimum absolute atomic E-state index is 0.326. The number of benzene rings is 1. The zero-order valence-corrected chi connectivity index (χ0v) is 13.7. The average Bonchev–Trinajstić information content (AvgIpc) is 2.91. The number of nitrogens with one attached hydrogen (secondary N) is 1. The van der Waals surface area contributed by atoms with E-state index in [-0.39, 0.29) is 0 Å². The van der Waals surface area contributed by atoms with Gasteiger partial charge in [0.2, 0.25) is 0 Å². The highest BCUT2D eigenvalue weighted by Gasteiger charge is 2.26. The Morgan fingerprint density at radius 2 is 2.05 bits per heavy atom. The van der Waals surface area contributed by atoms with Gasteiger partial charge in [0, 0.05) is 26.2 Å². The van der Waals surface area contributed by atoms with Crippen LogP contribution >= 0.6 is 0 Å². The molecule has 0 spiro atoms. The number of likely N-dealkylation sites (tertiary alicyclic amines) is 1. The Morgan fingerprint density at radius 3 is 2.71 bits per heavy atom. The first-order valence-corrected chi connectivity index (χ1v) is 8.31. The van der Waals surface area contributed by atoms with Crippen LogP contribution in [-0.4, -0.2) is 43.3 Å². The standard InChI is InChI=1S/C18H30N2O/c1-4-19-12-18(15(2)3)21-17-10-11-20(14-17)13-16-8-6-5-7-9-16/h5-9,15,17-19H,4,10-14H2,1-3H3. The van der Waals surface area contributed by atoms with E-state index < -0.39 is 0 Å². The summed E-state index contributed by atoms with van der Waals surface area (Å²) in [6.07, 6.45) is 1.87. The molecule has 0 aromatic heterocycles. The van der Waals surface area contributed by atoms with Gasteiger partial charge in [0.15, 0.2) is 0 Å². The zero-order valence-electron chi connectivity index (χ0n) is 13.7. The Balaban J connectivity index is 1.78. The van der Waals surface area contributed by atoms with Crippen molar-refractivity contribution >= 4 is 0 Å². The first-order valence-electron chi connectivity index (χ1n) is 8.31. The van der Waals surface area contributed by atoms with Crippen LogP contribution in [0.1, 0.15) is 32.8 Å². The van der Waals surface area contributed by atoms with E-state index in [0.717, 1.165) is 39.1 Å². The predicted octanol–water partition coefficient (Wildman–Crippen LogP) is 2.91. The third-order valence-electron chi connectivity index (χ3n) is 4.18. The third-order valence-corrected chi connectivity index (χ3v) is 4.18. The van der Waals surface area contributed by atoms with Crippen LogP contribution in [0.15, 0.2) is 30.3 Å². The van der Waals surface area contributed by atoms with Gasteiger partial charge in [-0.25, -0.2) is 0 Å². The number of hydrogen-bond acceptors (Lipinski definition) is 3. The summed E-state index contributed by atoms with van der Waals surface area (Å²) in [6, 6.07) is 10.7. The van der Waals surface area contributed by atoms with Crippen LogP contribution in [0.25, 0.3) is 0 Å². The van der Waals surface area contributed by atoms with Crippen LogP contribution < -0.4 is 5.32 Å². The largest absolute Gasteiger partial charge is 0.372 e. The van der Waals surface area contributed by atoms with Crippen molar-refractivity contribution in [3.8, 4) is 0 Å². The predicted molar refractivity (Wildman–Crippen MR) is 88.4 cm³/mol. The quantitative estimate of drug-likeness (QED) is 0.797. The smallest absolute Gasteiger partial charge is 0.0726 e. The summed E-state index contributed by atoms with van der Waals surface area (Å²) in [5.74, 6) is 0.562. The van der Waals surface area contributed by atoms with Gasteiger partial charge in [0.1, 0.15) is 0 Å². The highest BCUT2D eigenvalue weighted by atomic mass is 16.5. The van der Waals surface area contributed by atoms with E-state index in [9.17, 15) is 0 Å². The molecule has 0 radical (unpaired) electrons. The highest BCUT2D eigenvalue weighted by Crippen LogP contribution is 2.19. The highest BCUT2D eigenvalue weighted by molar-refractivity contribution is 5.14. The third kappa shape index (κ3) is 5.42. The summed E-state index contributed by atoms with van der Waals surface area (Å²) in [7, 11) is 0. The molecule has 1 fully saturated rings. The minimum Gasteiger partial charge on any atom is -0.372 e. The van der Waals surface area contributed by atoms with Gasteiger partial charge in [0.05, 0.1) is 12.2 Å². The second-order valence-electron chi connectivity index (χ2n) is 6.36. The van der Waals surface area contributed by atoms with E-state index >= 15 is 0 Å². The molecule has 2 rings (SSSR count). The van der Waals surface area contributed by atoms with E-state index in [0.29, 0.717) is 18.1 Å². The van der Waals surface area contributed by atoms with E-state index in [2.05, 4.69) is 61.3 Å². The van der Waals surface area contributed by atoms with Crippen LogP contribution in [0.2, 0.25) is 0 Å². The fraction of sp³-hybridized carbons (Fsp3) is 0.667. The Bertz CT molecular complexity index is 393. The van der Waals surface area contributed by atoms with Crippen molar-refractivity contribution in [1.82, 2.24) is 10.2 Å². The molecule has 3 heteroatoms. The van der Waals surface area contributed by atoms with E-state index in [4.69, 9.17) is 4.74 Å². The zero-order chi connectivity index (χ0) is 15.1. The maximum Gasteiger partial charge on any atom is 0.0726 e. The molecule has 0 saturated carbocycles. The topological polar surface area (TPSA) is 24.5 Å². The maximum atomic E-state index is 6.34. The molecular weight excluding hydrogens is 260 g/mol. The Kier molecular flexibility index (Phi) is 6.68. The first-order chi connectivity index (χ1) is 10.2. The average molecular weight is 290 g/mol. The molecule has 1 N–H and O–H groups in total. The van der Waals surface area contributed by atoms with Crippen LogP contribution in [0.5, 0.6) is 0 Å². The number of hydrogen-bond donors (Lipinski definition) is 1. The lowest BCUT2D eigenvalue weighted by molar-refractivity contribution is -0.0289. The molecule has 0 aliphatic carbocycles. The molecule has 2 atom stereocenters. The van der Waals surface area contributed by atoms with Gasteiger partial charge in [-0.1, -0.05) is 51.1 Å². The number of nitrogens with zero attached hydrogens (tertiary/aromatic N) is 1. The Morgan fingerprint density at radius 1 is 1.29 bits per heavy atom. The first kappa shape index (κ1) is 16.5. The molecule has 1 aliphatic heterocycles. The van der Waals surface area contributed by atoms with Gasteiger partial charge < -0.3 is 10.1 Å². The lowest BCUT2D eigenvalue weighted by Gasteiger charge is -2.26.